The summed E-state index contributed by atoms with van der Waals surface area (Å²) < 4.78 is 5.06. The predicted octanol–water partition coefficient (Wildman–Crippen LogP) is 2.16. The molecule has 0 aliphatic carbocycles. The van der Waals surface area contributed by atoms with Crippen LogP contribution in [0, 0.1) is 6.92 Å². The topological polar surface area (TPSA) is 21.3 Å². The molecule has 0 aliphatic rings. The Hall–Kier alpha value is -0.860. The fraction of sp³-hybridized carbons (Fsp3) is 0.538. The minimum Gasteiger partial charge on any atom is -0.383 e. The summed E-state index contributed by atoms with van der Waals surface area (Å²) >= 11 is 0. The number of nitrogens with one attached hydrogen (secondary N) is 1. The Morgan fingerprint density at radius 1 is 1.40 bits per heavy atom. The molecule has 0 saturated heterocycles. The first kappa shape index (κ1) is 12.2. The van der Waals surface area contributed by atoms with Gasteiger partial charge in [-0.3, -0.25) is 0 Å². The van der Waals surface area contributed by atoms with Crippen molar-refractivity contribution in [1.29, 1.82) is 0 Å². The summed E-state index contributed by atoms with van der Waals surface area (Å²) in [6.07, 6.45) is 1.08. The summed E-state index contributed by atoms with van der Waals surface area (Å²) in [7, 11) is 1.73. The van der Waals surface area contributed by atoms with Crippen molar-refractivity contribution in [3.8, 4) is 0 Å². The molecule has 0 saturated carbocycles. The average Bonchev–Trinajstić information content (AvgIpc) is 2.18. The van der Waals surface area contributed by atoms with Gasteiger partial charge in [0.05, 0.1) is 6.61 Å². The van der Waals surface area contributed by atoms with Crippen LogP contribution < -0.4 is 5.32 Å². The third-order valence-corrected chi connectivity index (χ3v) is 2.41. The third kappa shape index (κ3) is 4.96. The van der Waals surface area contributed by atoms with Crippen molar-refractivity contribution in [3.05, 3.63) is 35.4 Å². The van der Waals surface area contributed by atoms with Crippen molar-refractivity contribution in [2.75, 3.05) is 20.3 Å². The molecule has 0 unspecified atom stereocenters. The van der Waals surface area contributed by atoms with Gasteiger partial charge in [0, 0.05) is 13.2 Å². The van der Waals surface area contributed by atoms with E-state index in [9.17, 15) is 0 Å². The molecule has 0 aromatic heterocycles. The van der Waals surface area contributed by atoms with E-state index in [1.54, 1.807) is 7.11 Å². The Morgan fingerprint density at radius 3 is 2.87 bits per heavy atom. The van der Waals surface area contributed by atoms with Crippen LogP contribution in [0.1, 0.15) is 18.1 Å². The molecule has 0 amide bonds. The molecular weight excluding hydrogens is 186 g/mol. The molecule has 0 radical (unpaired) electrons. The van der Waals surface area contributed by atoms with Gasteiger partial charge in [-0.1, -0.05) is 29.8 Å². The summed E-state index contributed by atoms with van der Waals surface area (Å²) in [6.45, 7) is 6.05. The average molecular weight is 207 g/mol. The van der Waals surface area contributed by atoms with E-state index in [-0.39, 0.29) is 0 Å². The Balaban J connectivity index is 2.25. The first-order chi connectivity index (χ1) is 7.22. The molecule has 15 heavy (non-hydrogen) atoms. The van der Waals surface area contributed by atoms with Crippen LogP contribution in [0.25, 0.3) is 0 Å². The van der Waals surface area contributed by atoms with Gasteiger partial charge in [-0.15, -0.1) is 0 Å². The van der Waals surface area contributed by atoms with Crippen molar-refractivity contribution in [2.24, 2.45) is 0 Å². The predicted molar refractivity (Wildman–Crippen MR) is 64.2 cm³/mol. The first-order valence-electron chi connectivity index (χ1n) is 5.50. The monoisotopic (exact) mass is 207 g/mol. The fourth-order valence-electron chi connectivity index (χ4n) is 1.64. The van der Waals surface area contributed by atoms with Crippen LogP contribution in [0.5, 0.6) is 0 Å². The highest BCUT2D eigenvalue weighted by Gasteiger charge is 1.99. The molecule has 0 bridgehead atoms. The molecule has 1 atom stereocenters. The first-order valence-corrected chi connectivity index (χ1v) is 5.50. The number of hydrogen-bond donors (Lipinski definition) is 1. The molecule has 0 heterocycles. The van der Waals surface area contributed by atoms with Gasteiger partial charge in [-0.05, 0) is 32.4 Å². The normalized spacial score (nSPS) is 12.7. The van der Waals surface area contributed by atoms with Crippen LogP contribution in [0.15, 0.2) is 24.3 Å². The molecule has 1 aromatic carbocycles. The Labute approximate surface area is 92.6 Å². The van der Waals surface area contributed by atoms with Gasteiger partial charge in [0.25, 0.3) is 0 Å². The quantitative estimate of drug-likeness (QED) is 0.772. The highest BCUT2D eigenvalue weighted by atomic mass is 16.5. The molecule has 0 aliphatic heterocycles. The molecular formula is C13H21NO. The van der Waals surface area contributed by atoms with E-state index in [0.717, 1.165) is 19.6 Å². The van der Waals surface area contributed by atoms with E-state index in [1.807, 2.05) is 0 Å². The SMILES string of the molecule is COC[C@H](C)NCCc1cccc(C)c1. The second-order valence-electron chi connectivity index (χ2n) is 4.05. The lowest BCUT2D eigenvalue weighted by atomic mass is 10.1. The lowest BCUT2D eigenvalue weighted by Crippen LogP contribution is -2.31. The maximum Gasteiger partial charge on any atom is 0.0613 e. The van der Waals surface area contributed by atoms with Crippen LogP contribution >= 0.6 is 0 Å². The van der Waals surface area contributed by atoms with Crippen LogP contribution in [-0.4, -0.2) is 26.3 Å². The molecule has 0 fully saturated rings. The van der Waals surface area contributed by atoms with E-state index in [4.69, 9.17) is 4.74 Å². The van der Waals surface area contributed by atoms with Crippen LogP contribution in [0.2, 0.25) is 0 Å². The van der Waals surface area contributed by atoms with Crippen molar-refractivity contribution >= 4 is 0 Å². The van der Waals surface area contributed by atoms with Gasteiger partial charge >= 0.3 is 0 Å². The minimum atomic E-state index is 0.430. The summed E-state index contributed by atoms with van der Waals surface area (Å²) in [5.41, 5.74) is 2.73. The van der Waals surface area contributed by atoms with E-state index < -0.39 is 0 Å². The second-order valence-corrected chi connectivity index (χ2v) is 4.05. The van der Waals surface area contributed by atoms with Gasteiger partial charge in [0.15, 0.2) is 0 Å². The number of hydrogen-bond acceptors (Lipinski definition) is 2. The van der Waals surface area contributed by atoms with Gasteiger partial charge < -0.3 is 10.1 Å². The molecule has 2 heteroatoms. The minimum absolute atomic E-state index is 0.430. The summed E-state index contributed by atoms with van der Waals surface area (Å²) in [4.78, 5) is 0. The highest BCUT2D eigenvalue weighted by molar-refractivity contribution is 5.22. The van der Waals surface area contributed by atoms with Crippen LogP contribution in [0.4, 0.5) is 0 Å². The number of benzene rings is 1. The zero-order chi connectivity index (χ0) is 11.1. The second kappa shape index (κ2) is 6.59. The largest absolute Gasteiger partial charge is 0.383 e. The number of rotatable bonds is 6. The van der Waals surface area contributed by atoms with Gasteiger partial charge in [0.1, 0.15) is 0 Å². The fourth-order valence-corrected chi connectivity index (χ4v) is 1.64. The van der Waals surface area contributed by atoms with E-state index in [2.05, 4.69) is 43.4 Å². The van der Waals surface area contributed by atoms with Gasteiger partial charge in [0.2, 0.25) is 0 Å². The van der Waals surface area contributed by atoms with Crippen LogP contribution in [-0.2, 0) is 11.2 Å². The number of methoxy groups -OCH3 is 1. The highest BCUT2D eigenvalue weighted by Crippen LogP contribution is 2.03. The van der Waals surface area contributed by atoms with Crippen LogP contribution in [0.3, 0.4) is 0 Å². The van der Waals surface area contributed by atoms with E-state index in [0.29, 0.717) is 6.04 Å². The maximum atomic E-state index is 5.06. The standard InChI is InChI=1S/C13H21NO/c1-11-5-4-6-13(9-11)7-8-14-12(2)10-15-3/h4-6,9,12,14H,7-8,10H2,1-3H3/t12-/m0/s1. The Kier molecular flexibility index (Phi) is 5.37. The molecule has 84 valence electrons. The summed E-state index contributed by atoms with van der Waals surface area (Å²) in [6, 6.07) is 9.09. The van der Waals surface area contributed by atoms with Crippen molar-refractivity contribution in [1.82, 2.24) is 5.32 Å². The lowest BCUT2D eigenvalue weighted by molar-refractivity contribution is 0.172. The zero-order valence-corrected chi connectivity index (χ0v) is 9.92. The summed E-state index contributed by atoms with van der Waals surface area (Å²) in [5, 5.41) is 3.43. The molecule has 1 N–H and O–H groups in total. The van der Waals surface area contributed by atoms with Gasteiger partial charge in [-0.2, -0.15) is 0 Å². The van der Waals surface area contributed by atoms with E-state index in [1.165, 1.54) is 11.1 Å². The van der Waals surface area contributed by atoms with E-state index >= 15 is 0 Å². The Morgan fingerprint density at radius 2 is 2.20 bits per heavy atom. The maximum absolute atomic E-state index is 5.06. The van der Waals surface area contributed by atoms with Crippen molar-refractivity contribution in [3.63, 3.8) is 0 Å². The lowest BCUT2D eigenvalue weighted by Gasteiger charge is -2.12. The summed E-state index contributed by atoms with van der Waals surface area (Å²) in [5.74, 6) is 0. The number of ether oxygens (including phenoxy) is 1. The molecule has 1 aromatic rings. The molecule has 2 nitrogen and oxygen atoms in total. The van der Waals surface area contributed by atoms with Crippen molar-refractivity contribution in [2.45, 2.75) is 26.3 Å². The molecule has 1 rings (SSSR count). The van der Waals surface area contributed by atoms with Gasteiger partial charge in [-0.25, -0.2) is 0 Å². The van der Waals surface area contributed by atoms with Crippen molar-refractivity contribution < 1.29 is 4.74 Å². The zero-order valence-electron chi connectivity index (χ0n) is 9.92. The number of aryl methyl sites for hydroxylation is 1. The Bertz CT molecular complexity index is 286. The smallest absolute Gasteiger partial charge is 0.0613 e. The molecule has 0 spiro atoms. The third-order valence-electron chi connectivity index (χ3n) is 2.41.